The number of fused-ring (bicyclic) bond motifs is 2. The normalized spacial score (nSPS) is 15.1. The lowest BCUT2D eigenvalue weighted by atomic mass is 9.93. The predicted octanol–water partition coefficient (Wildman–Crippen LogP) is 11.1. The second kappa shape index (κ2) is 23.5. The molecule has 6 heterocycles. The number of aryl methyl sites for hydroxylation is 2. The number of carbonyl (C=O) groups excluding carboxylic acids is 4. The van der Waals surface area contributed by atoms with Gasteiger partial charge in [0.2, 0.25) is 0 Å². The van der Waals surface area contributed by atoms with Gasteiger partial charge in [0.05, 0.1) is 52.1 Å². The fourth-order valence-corrected chi connectivity index (χ4v) is 10.3. The minimum atomic E-state index is -4.85. The Morgan fingerprint density at radius 1 is 0.653 bits per heavy atom. The number of rotatable bonds is 12. The summed E-state index contributed by atoms with van der Waals surface area (Å²) in [6.45, 7) is 1.76. The molecule has 0 bridgehead atoms. The van der Waals surface area contributed by atoms with E-state index < -0.39 is 30.5 Å². The molecule has 0 aliphatic carbocycles. The molecule has 1 N–H and O–H groups in total. The number of likely N-dealkylation sites (tertiary alicyclic amines) is 2. The van der Waals surface area contributed by atoms with Crippen LogP contribution in [0.3, 0.4) is 0 Å². The Kier molecular flexibility index (Phi) is 17.8. The van der Waals surface area contributed by atoms with Crippen molar-refractivity contribution in [1.82, 2.24) is 28.9 Å². The lowest BCUT2D eigenvalue weighted by Crippen LogP contribution is -2.39. The van der Waals surface area contributed by atoms with Gasteiger partial charge >= 0.3 is 24.7 Å². The van der Waals surface area contributed by atoms with Crippen LogP contribution in [-0.2, 0) is 39.6 Å². The third-order valence-electron chi connectivity index (χ3n) is 13.2. The van der Waals surface area contributed by atoms with Crippen molar-refractivity contribution in [2.75, 3.05) is 40.4 Å². The number of hydrogen-bond donors (Lipinski definition) is 1. The zero-order chi connectivity index (χ0) is 54.7. The van der Waals surface area contributed by atoms with Crippen LogP contribution in [0, 0.1) is 11.8 Å². The third kappa shape index (κ3) is 13.5. The first kappa shape index (κ1) is 56.7. The molecule has 8 rings (SSSR count). The first-order valence-electron chi connectivity index (χ1n) is 23.1. The number of piperidine rings is 2. The van der Waals surface area contributed by atoms with E-state index in [0.717, 1.165) is 0 Å². The summed E-state index contributed by atoms with van der Waals surface area (Å²) in [5.74, 6) is -1.71. The fraction of sp³-hybridized carbons (Fsp3) is 0.400. The molecule has 25 heteroatoms. The van der Waals surface area contributed by atoms with Gasteiger partial charge in [0.15, 0.2) is 0 Å². The van der Waals surface area contributed by atoms with E-state index >= 15 is 0 Å². The summed E-state index contributed by atoms with van der Waals surface area (Å²) in [7, 11) is 5.95. The van der Waals surface area contributed by atoms with Gasteiger partial charge in [-0.3, -0.25) is 19.2 Å². The monoisotopic (exact) mass is 1130 g/mol. The predicted molar refractivity (Wildman–Crippen MR) is 265 cm³/mol. The number of halogens is 10. The Hall–Kier alpha value is -6.00. The molecule has 0 saturated carbocycles. The maximum absolute atomic E-state index is 13.3. The topological polar surface area (TPSA) is 168 Å². The average molecular weight is 1130 g/mol. The van der Waals surface area contributed by atoms with Gasteiger partial charge < -0.3 is 43.0 Å². The second-order valence-electron chi connectivity index (χ2n) is 17.9. The Bertz CT molecular complexity index is 3120. The molecule has 2 aromatic carbocycles. The van der Waals surface area contributed by atoms with E-state index in [0.29, 0.717) is 91.3 Å². The quantitative estimate of drug-likeness (QED) is 0.0703. The van der Waals surface area contributed by atoms with Gasteiger partial charge in [-0.15, -0.1) is 26.3 Å². The molecule has 0 radical (unpaired) electrons. The number of alkyl halides is 6. The smallest absolute Gasteiger partial charge is 0.469 e. The lowest BCUT2D eigenvalue weighted by molar-refractivity contribution is -0.275. The number of aliphatic hydroxyl groups is 1. The summed E-state index contributed by atoms with van der Waals surface area (Å²) < 4.78 is 96.5. The lowest BCUT2D eigenvalue weighted by Gasteiger charge is -2.32. The molecular formula is C50H48Cl4F6N6O9. The zero-order valence-electron chi connectivity index (χ0n) is 40.5. The summed E-state index contributed by atoms with van der Waals surface area (Å²) in [6, 6.07) is 11.3. The molecule has 2 aliphatic heterocycles. The van der Waals surface area contributed by atoms with E-state index in [9.17, 15) is 50.6 Å². The summed E-state index contributed by atoms with van der Waals surface area (Å²) >= 11 is 25.9. The SMILES string of the molecule is COC(=O)CC1CCN(C(=O)c2cnc(Cl)c(C(O)c3cc4ccc(OC(F)(F)F)cc4n3C)c2Cl)CC1.COC(=O)CC1CCN(C(=O)c2cnc(Cl)c(Cc3cc4ccc(OC(F)(F)F)cc4n3C)c2Cl)CC1. The first-order chi connectivity index (χ1) is 35.4. The highest BCUT2D eigenvalue weighted by Crippen LogP contribution is 2.39. The largest absolute Gasteiger partial charge is 0.573 e. The van der Waals surface area contributed by atoms with Crippen LogP contribution in [0.2, 0.25) is 20.4 Å². The van der Waals surface area contributed by atoms with Gasteiger partial charge in [0, 0.05) is 112 Å². The van der Waals surface area contributed by atoms with Crippen molar-refractivity contribution in [3.05, 3.63) is 115 Å². The Morgan fingerprint density at radius 2 is 1.09 bits per heavy atom. The highest BCUT2D eigenvalue weighted by atomic mass is 35.5. The molecule has 402 valence electrons. The van der Waals surface area contributed by atoms with Crippen LogP contribution >= 0.6 is 46.4 Å². The molecule has 2 saturated heterocycles. The average Bonchev–Trinajstić information content (AvgIpc) is 3.85. The summed E-state index contributed by atoms with van der Waals surface area (Å²) in [6.07, 6.45) is -5.12. The second-order valence-corrected chi connectivity index (χ2v) is 19.4. The van der Waals surface area contributed by atoms with Crippen LogP contribution in [0.25, 0.3) is 21.8 Å². The van der Waals surface area contributed by atoms with Gasteiger partial charge in [0.25, 0.3) is 11.8 Å². The molecule has 2 aliphatic rings. The van der Waals surface area contributed by atoms with Gasteiger partial charge in [-0.1, -0.05) is 46.4 Å². The van der Waals surface area contributed by atoms with Crippen LogP contribution in [0.4, 0.5) is 26.3 Å². The van der Waals surface area contributed by atoms with Crippen LogP contribution in [0.5, 0.6) is 11.5 Å². The van der Waals surface area contributed by atoms with E-state index in [1.165, 1.54) is 67.6 Å². The number of methoxy groups -OCH3 is 2. The highest BCUT2D eigenvalue weighted by Gasteiger charge is 2.34. The van der Waals surface area contributed by atoms with Gasteiger partial charge in [-0.25, -0.2) is 9.97 Å². The minimum absolute atomic E-state index is 0.00238. The Morgan fingerprint density at radius 3 is 1.56 bits per heavy atom. The number of benzene rings is 2. The zero-order valence-corrected chi connectivity index (χ0v) is 43.5. The molecule has 4 aromatic heterocycles. The summed E-state index contributed by atoms with van der Waals surface area (Å²) in [5.41, 5.74) is 2.57. The van der Waals surface area contributed by atoms with Crippen LogP contribution in [0.15, 0.2) is 60.9 Å². The van der Waals surface area contributed by atoms with Crippen molar-refractivity contribution < 1.29 is 69.6 Å². The third-order valence-corrected chi connectivity index (χ3v) is 14.7. The van der Waals surface area contributed by atoms with E-state index in [-0.39, 0.29) is 91.0 Å². The number of nitrogens with zero attached hydrogens (tertiary/aromatic N) is 6. The van der Waals surface area contributed by atoms with Crippen molar-refractivity contribution in [1.29, 1.82) is 0 Å². The Labute approximate surface area is 445 Å². The van der Waals surface area contributed by atoms with Crippen molar-refractivity contribution in [3.63, 3.8) is 0 Å². The van der Waals surface area contributed by atoms with Crippen molar-refractivity contribution in [2.24, 2.45) is 25.9 Å². The molecule has 15 nitrogen and oxygen atoms in total. The van der Waals surface area contributed by atoms with E-state index in [4.69, 9.17) is 55.9 Å². The number of aliphatic hydroxyl groups excluding tert-OH is 1. The van der Waals surface area contributed by atoms with Gasteiger partial charge in [-0.05, 0) is 73.9 Å². The molecule has 6 aromatic rings. The number of ether oxygens (including phenoxy) is 4. The van der Waals surface area contributed by atoms with Crippen molar-refractivity contribution >= 4 is 92.0 Å². The molecule has 1 unspecified atom stereocenters. The maximum Gasteiger partial charge on any atom is 0.573 e. The maximum atomic E-state index is 13.3. The highest BCUT2D eigenvalue weighted by molar-refractivity contribution is 6.38. The van der Waals surface area contributed by atoms with E-state index in [1.54, 1.807) is 40.6 Å². The molecular weight excluding hydrogens is 1080 g/mol. The van der Waals surface area contributed by atoms with Crippen molar-refractivity contribution in [3.8, 4) is 11.5 Å². The minimum Gasteiger partial charge on any atom is -0.469 e. The number of carbonyl (C=O) groups is 4. The van der Waals surface area contributed by atoms with Gasteiger partial charge in [0.1, 0.15) is 27.9 Å². The van der Waals surface area contributed by atoms with Crippen LogP contribution in [-0.4, -0.2) is 111 Å². The number of pyridine rings is 2. The summed E-state index contributed by atoms with van der Waals surface area (Å²) in [5, 5.41) is 12.6. The molecule has 1 atom stereocenters. The number of amides is 2. The van der Waals surface area contributed by atoms with Crippen LogP contribution < -0.4 is 9.47 Å². The van der Waals surface area contributed by atoms with Gasteiger partial charge in [-0.2, -0.15) is 0 Å². The molecule has 0 spiro atoms. The number of aromatic nitrogens is 4. The molecule has 2 fully saturated rings. The molecule has 2 amide bonds. The summed E-state index contributed by atoms with van der Waals surface area (Å²) in [4.78, 5) is 61.1. The number of hydrogen-bond acceptors (Lipinski definition) is 11. The Balaban J connectivity index is 0.000000219. The van der Waals surface area contributed by atoms with E-state index in [2.05, 4.69) is 19.4 Å². The number of esters is 2. The van der Waals surface area contributed by atoms with Crippen LogP contribution in [0.1, 0.15) is 87.9 Å². The molecule has 75 heavy (non-hydrogen) atoms. The fourth-order valence-electron chi connectivity index (χ4n) is 9.19. The van der Waals surface area contributed by atoms with E-state index in [1.807, 2.05) is 0 Å². The standard InChI is InChI=1S/C25H24Cl2F3N3O5.C25H24Cl2F3N3O4/c1-32-17-11-15(38-25(28,29)30)4-3-14(17)10-18(32)22(35)20-21(26)16(12-31-23(20)27)24(36)33-7-5-13(6-8-33)9-19(34)37-2;1-32-16(10-15-3-4-17(12-20(15)32)37-25(28,29)30)11-18-22(26)19(13-31-23(18)27)24(35)33-7-5-14(6-8-33)9-21(34)36-2/h3-4,10-13,22,35H,5-9H2,1-2H3;3-4,10,12-14H,5-9,11H2,1-2H3. The van der Waals surface area contributed by atoms with Crippen molar-refractivity contribution in [2.45, 2.75) is 63.8 Å². The first-order valence-corrected chi connectivity index (χ1v) is 24.6.